The van der Waals surface area contributed by atoms with Crippen LogP contribution in [0.3, 0.4) is 0 Å². The van der Waals surface area contributed by atoms with Crippen molar-refractivity contribution in [3.05, 3.63) is 137 Å². The van der Waals surface area contributed by atoms with Crippen LogP contribution in [0.15, 0.2) is 109 Å². The van der Waals surface area contributed by atoms with Gasteiger partial charge in [0.2, 0.25) is 0 Å². The fourth-order valence-electron chi connectivity index (χ4n) is 9.90. The van der Waals surface area contributed by atoms with Crippen LogP contribution in [0.25, 0.3) is 0 Å². The Morgan fingerprint density at radius 3 is 2.07 bits per heavy atom. The third kappa shape index (κ3) is 4.84. The van der Waals surface area contributed by atoms with Crippen molar-refractivity contribution >= 4 is 0 Å². The maximum absolute atomic E-state index is 7.52. The van der Waals surface area contributed by atoms with E-state index >= 15 is 0 Å². The number of fused-ring (bicyclic) bond motifs is 3. The van der Waals surface area contributed by atoms with Crippen LogP contribution in [-0.4, -0.2) is 46.7 Å². The molecule has 3 aliphatic carbocycles. The molecule has 4 aromatic rings. The summed E-state index contributed by atoms with van der Waals surface area (Å²) in [5, 5.41) is 0. The predicted octanol–water partition coefficient (Wildman–Crippen LogP) is 7.94. The molecule has 236 valence electrons. The summed E-state index contributed by atoms with van der Waals surface area (Å²) in [6, 6.07) is 40.3. The number of nitrogens with zero attached hydrogens (tertiary/aromatic N) is 2. The van der Waals surface area contributed by atoms with Gasteiger partial charge in [-0.2, -0.15) is 0 Å². The average molecular weight is 611 g/mol. The van der Waals surface area contributed by atoms with Crippen LogP contribution >= 0.6 is 0 Å². The monoisotopic (exact) mass is 610 g/mol. The molecule has 4 aromatic carbocycles. The highest BCUT2D eigenvalue weighted by Gasteiger charge is 2.72. The summed E-state index contributed by atoms with van der Waals surface area (Å²) in [6.45, 7) is 5.71. The fourth-order valence-corrected chi connectivity index (χ4v) is 9.90. The van der Waals surface area contributed by atoms with Gasteiger partial charge in [-0.15, -0.1) is 0 Å². The Hall–Kier alpha value is -3.44. The molecule has 4 atom stereocenters. The summed E-state index contributed by atoms with van der Waals surface area (Å²) in [7, 11) is 0. The Bertz CT molecular complexity index is 1620. The first-order valence-corrected chi connectivity index (χ1v) is 17.7. The van der Waals surface area contributed by atoms with Gasteiger partial charge in [0.05, 0.1) is 12.2 Å². The molecule has 4 heteroatoms. The fraction of sp³-hybridized carbons (Fsp3) is 0.429. The van der Waals surface area contributed by atoms with E-state index in [1.807, 2.05) is 0 Å². The van der Waals surface area contributed by atoms with E-state index in [1.165, 1.54) is 60.2 Å². The van der Waals surface area contributed by atoms with Crippen molar-refractivity contribution in [2.45, 2.75) is 87.2 Å². The largest absolute Gasteiger partial charge is 0.489 e. The summed E-state index contributed by atoms with van der Waals surface area (Å²) in [4.78, 5) is 5.66. The van der Waals surface area contributed by atoms with Gasteiger partial charge in [-0.05, 0) is 97.4 Å². The van der Waals surface area contributed by atoms with Gasteiger partial charge in [-0.1, -0.05) is 97.1 Å². The van der Waals surface area contributed by atoms with Gasteiger partial charge in [0.25, 0.3) is 0 Å². The van der Waals surface area contributed by atoms with Gasteiger partial charge < -0.3 is 9.47 Å². The highest BCUT2D eigenvalue weighted by Crippen LogP contribution is 2.66. The topological polar surface area (TPSA) is 24.9 Å². The van der Waals surface area contributed by atoms with E-state index in [-0.39, 0.29) is 16.6 Å². The van der Waals surface area contributed by atoms with Gasteiger partial charge in [0.1, 0.15) is 12.4 Å². The minimum Gasteiger partial charge on any atom is -0.489 e. The van der Waals surface area contributed by atoms with Crippen molar-refractivity contribution in [2.24, 2.45) is 5.92 Å². The predicted molar refractivity (Wildman–Crippen MR) is 183 cm³/mol. The zero-order chi connectivity index (χ0) is 30.6. The molecule has 0 N–H and O–H groups in total. The third-order valence-electron chi connectivity index (χ3n) is 12.4. The smallest absolute Gasteiger partial charge is 0.120 e. The Kier molecular flexibility index (Phi) is 7.11. The maximum atomic E-state index is 7.52. The first-order valence-electron chi connectivity index (χ1n) is 17.7. The van der Waals surface area contributed by atoms with E-state index in [9.17, 15) is 0 Å². The van der Waals surface area contributed by atoms with Crippen molar-refractivity contribution in [1.82, 2.24) is 9.80 Å². The van der Waals surface area contributed by atoms with Gasteiger partial charge >= 0.3 is 0 Å². The molecule has 6 aliphatic rings. The Labute approximate surface area is 274 Å². The second kappa shape index (κ2) is 11.4. The van der Waals surface area contributed by atoms with Crippen LogP contribution in [0.4, 0.5) is 0 Å². The lowest BCUT2D eigenvalue weighted by Gasteiger charge is -2.73. The highest BCUT2D eigenvalue weighted by atomic mass is 16.5. The standard InChI is InChI=1S/C42H46N2O2/c1-4-10-32(11-5-1)27-44(28-33-12-6-2-7-13-33)40-20-21-42(46-31-40)39-24-36-18-19-37(45-29-35-14-8-3-9-15-35)25-38(36)41(42,30-40)22-23-43(39)26-34-16-17-34/h1-15,18-19,25,34,39H,16-17,20-24,26-31H2/t39-,40+,41-,42-/m1/s1. The summed E-state index contributed by atoms with van der Waals surface area (Å²) >= 11 is 0. The summed E-state index contributed by atoms with van der Waals surface area (Å²) in [6.07, 6.45) is 8.54. The first kappa shape index (κ1) is 28.8. The number of hydrogen-bond donors (Lipinski definition) is 0. The number of rotatable bonds is 10. The lowest BCUT2D eigenvalue weighted by molar-refractivity contribution is -0.283. The quantitative estimate of drug-likeness (QED) is 0.182. The molecule has 46 heavy (non-hydrogen) atoms. The van der Waals surface area contributed by atoms with E-state index in [1.54, 1.807) is 0 Å². The van der Waals surface area contributed by atoms with Crippen LogP contribution < -0.4 is 4.74 Å². The molecule has 0 unspecified atom stereocenters. The lowest BCUT2D eigenvalue weighted by atomic mass is 9.45. The van der Waals surface area contributed by atoms with Crippen molar-refractivity contribution in [3.63, 3.8) is 0 Å². The molecule has 0 aromatic heterocycles. The van der Waals surface area contributed by atoms with Crippen molar-refractivity contribution in [3.8, 4) is 5.75 Å². The number of hydrogen-bond acceptors (Lipinski definition) is 4. The van der Waals surface area contributed by atoms with Crippen LogP contribution in [0.5, 0.6) is 5.75 Å². The third-order valence-corrected chi connectivity index (χ3v) is 12.4. The second-order valence-electron chi connectivity index (χ2n) is 15.0. The minimum absolute atomic E-state index is 0.0143. The number of benzene rings is 4. The van der Waals surface area contributed by atoms with Crippen LogP contribution in [0, 0.1) is 5.92 Å². The van der Waals surface area contributed by atoms with E-state index < -0.39 is 0 Å². The zero-order valence-electron chi connectivity index (χ0n) is 27.0. The van der Waals surface area contributed by atoms with E-state index in [0.29, 0.717) is 12.6 Å². The molecular formula is C42H46N2O2. The second-order valence-corrected chi connectivity index (χ2v) is 15.0. The normalized spacial score (nSPS) is 29.7. The number of ether oxygens (including phenoxy) is 2. The zero-order valence-corrected chi connectivity index (χ0v) is 27.0. The Balaban J connectivity index is 1.11. The summed E-state index contributed by atoms with van der Waals surface area (Å²) in [5.41, 5.74) is 6.84. The van der Waals surface area contributed by atoms with Crippen molar-refractivity contribution in [2.75, 3.05) is 19.7 Å². The Morgan fingerprint density at radius 1 is 0.761 bits per heavy atom. The van der Waals surface area contributed by atoms with E-state index in [4.69, 9.17) is 9.47 Å². The molecular weight excluding hydrogens is 564 g/mol. The maximum Gasteiger partial charge on any atom is 0.120 e. The summed E-state index contributed by atoms with van der Waals surface area (Å²) < 4.78 is 14.0. The van der Waals surface area contributed by atoms with Crippen molar-refractivity contribution < 1.29 is 9.47 Å². The van der Waals surface area contributed by atoms with Crippen LogP contribution in [-0.2, 0) is 36.3 Å². The van der Waals surface area contributed by atoms with Crippen molar-refractivity contribution in [1.29, 1.82) is 0 Å². The SMILES string of the molecule is c1ccc(COc2ccc3c(c2)[C@]24CCN(CC5CC5)[C@H](C3)[C@]23CC[C@@](N(Cc2ccccc2)Cc2ccccc2)(CO3)C4)cc1. The molecule has 3 saturated heterocycles. The molecule has 4 nitrogen and oxygen atoms in total. The number of piperidine rings is 1. The first-order chi connectivity index (χ1) is 22.6. The van der Waals surface area contributed by atoms with Crippen LogP contribution in [0.2, 0.25) is 0 Å². The van der Waals surface area contributed by atoms with E-state index in [2.05, 4.69) is 119 Å². The molecule has 0 amide bonds. The highest BCUT2D eigenvalue weighted by molar-refractivity contribution is 5.50. The molecule has 10 rings (SSSR count). The lowest BCUT2D eigenvalue weighted by Crippen LogP contribution is -2.81. The minimum atomic E-state index is -0.127. The molecule has 3 heterocycles. The van der Waals surface area contributed by atoms with Gasteiger partial charge in [0, 0.05) is 36.6 Å². The molecule has 4 bridgehead atoms. The molecule has 2 saturated carbocycles. The van der Waals surface area contributed by atoms with Gasteiger partial charge in [0.15, 0.2) is 0 Å². The number of likely N-dealkylation sites (tertiary alicyclic amines) is 1. The summed E-state index contributed by atoms with van der Waals surface area (Å²) in [5.74, 6) is 1.88. The molecule has 3 aliphatic heterocycles. The van der Waals surface area contributed by atoms with Crippen LogP contribution in [0.1, 0.15) is 66.3 Å². The molecule has 5 fully saturated rings. The molecule has 1 spiro atoms. The van der Waals surface area contributed by atoms with E-state index in [0.717, 1.165) is 57.0 Å². The van der Waals surface area contributed by atoms with Gasteiger partial charge in [-0.3, -0.25) is 9.80 Å². The molecule has 0 radical (unpaired) electrons. The average Bonchev–Trinajstić information content (AvgIpc) is 3.94. The Morgan fingerprint density at radius 2 is 1.43 bits per heavy atom. The van der Waals surface area contributed by atoms with Gasteiger partial charge in [-0.25, -0.2) is 0 Å².